The number of halogens is 1. The second kappa shape index (κ2) is 4.57. The second-order valence-electron chi connectivity index (χ2n) is 4.61. The number of hydrogen-bond donors (Lipinski definition) is 1. The van der Waals surface area contributed by atoms with Gasteiger partial charge in [0.15, 0.2) is 0 Å². The van der Waals surface area contributed by atoms with Crippen molar-refractivity contribution >= 4 is 15.9 Å². The molecule has 0 aliphatic carbocycles. The highest BCUT2D eigenvalue weighted by Gasteiger charge is 2.38. The van der Waals surface area contributed by atoms with Gasteiger partial charge in [0.2, 0.25) is 0 Å². The van der Waals surface area contributed by atoms with E-state index in [1.807, 2.05) is 12.1 Å². The molecule has 1 N–H and O–H groups in total. The third kappa shape index (κ3) is 2.14. The van der Waals surface area contributed by atoms with Gasteiger partial charge in [0, 0.05) is 4.47 Å². The maximum atomic E-state index is 8.99. The van der Waals surface area contributed by atoms with Crippen LogP contribution in [0.4, 0.5) is 0 Å². The molecule has 2 nitrogen and oxygen atoms in total. The van der Waals surface area contributed by atoms with E-state index >= 15 is 0 Å². The van der Waals surface area contributed by atoms with Crippen molar-refractivity contribution in [1.82, 2.24) is 5.32 Å². The highest BCUT2D eigenvalue weighted by Crippen LogP contribution is 2.36. The van der Waals surface area contributed by atoms with Crippen molar-refractivity contribution in [3.05, 3.63) is 34.3 Å². The molecule has 1 aromatic rings. The zero-order chi connectivity index (χ0) is 11.6. The Morgan fingerprint density at radius 2 is 2.19 bits per heavy atom. The molecule has 1 aliphatic heterocycles. The van der Waals surface area contributed by atoms with Crippen molar-refractivity contribution in [3.8, 4) is 6.07 Å². The summed E-state index contributed by atoms with van der Waals surface area (Å²) in [4.78, 5) is 0. The van der Waals surface area contributed by atoms with Crippen molar-refractivity contribution in [2.75, 3.05) is 6.54 Å². The van der Waals surface area contributed by atoms with Crippen LogP contribution in [0.3, 0.4) is 0 Å². The van der Waals surface area contributed by atoms with Gasteiger partial charge in [-0.3, -0.25) is 0 Å². The number of nitriles is 1. The van der Waals surface area contributed by atoms with Crippen LogP contribution in [0, 0.1) is 17.2 Å². The summed E-state index contributed by atoms with van der Waals surface area (Å²) in [5.41, 5.74) is 1.09. The first-order valence-corrected chi connectivity index (χ1v) is 6.34. The molecule has 0 bridgehead atoms. The molecule has 0 spiro atoms. The number of nitrogens with one attached hydrogen (secondary N) is 1. The molecule has 2 atom stereocenters. The van der Waals surface area contributed by atoms with Crippen molar-refractivity contribution in [2.24, 2.45) is 5.92 Å². The molecule has 16 heavy (non-hydrogen) atoms. The second-order valence-corrected chi connectivity index (χ2v) is 5.53. The Bertz CT molecular complexity index is 407. The molecule has 1 aromatic carbocycles. The van der Waals surface area contributed by atoms with E-state index in [1.54, 1.807) is 0 Å². The number of nitrogens with zero attached hydrogens (tertiary/aromatic N) is 1. The van der Waals surface area contributed by atoms with Crippen LogP contribution >= 0.6 is 15.9 Å². The third-order valence-electron chi connectivity index (χ3n) is 3.26. The summed E-state index contributed by atoms with van der Waals surface area (Å²) in [6.45, 7) is 3.22. The smallest absolute Gasteiger partial charge is 0.0644 e. The van der Waals surface area contributed by atoms with Gasteiger partial charge in [-0.25, -0.2) is 0 Å². The maximum absolute atomic E-state index is 8.99. The Hall–Kier alpha value is -0.850. The van der Waals surface area contributed by atoms with E-state index in [0.29, 0.717) is 12.3 Å². The summed E-state index contributed by atoms with van der Waals surface area (Å²) >= 11 is 3.44. The van der Waals surface area contributed by atoms with Crippen LogP contribution in [0.25, 0.3) is 0 Å². The van der Waals surface area contributed by atoms with Crippen molar-refractivity contribution in [1.29, 1.82) is 5.26 Å². The summed E-state index contributed by atoms with van der Waals surface area (Å²) in [6.07, 6.45) is 1.58. The number of hydrogen-bond acceptors (Lipinski definition) is 2. The lowest BCUT2D eigenvalue weighted by atomic mass is 9.84. The fourth-order valence-corrected chi connectivity index (χ4v) is 2.73. The van der Waals surface area contributed by atoms with Crippen LogP contribution in [0.15, 0.2) is 28.7 Å². The van der Waals surface area contributed by atoms with Gasteiger partial charge in [0.25, 0.3) is 0 Å². The fraction of sp³-hybridized carbons (Fsp3) is 0.462. The van der Waals surface area contributed by atoms with Crippen LogP contribution < -0.4 is 5.32 Å². The third-order valence-corrected chi connectivity index (χ3v) is 3.79. The normalized spacial score (nSPS) is 28.9. The molecule has 0 aromatic heterocycles. The fourth-order valence-electron chi connectivity index (χ4n) is 2.47. The Balaban J connectivity index is 2.33. The van der Waals surface area contributed by atoms with Gasteiger partial charge in [0.1, 0.15) is 0 Å². The quantitative estimate of drug-likeness (QED) is 0.902. The standard InChI is InChI=1S/C13H15BrN2/c1-10-8-13(6-7-15,16-9-10)11-2-4-12(14)5-3-11/h2-5,10,16H,6,8-9H2,1H3/t10-,13+/m0/s1. The Kier molecular flexibility index (Phi) is 3.32. The van der Waals surface area contributed by atoms with Gasteiger partial charge in [-0.1, -0.05) is 35.0 Å². The van der Waals surface area contributed by atoms with E-state index in [1.165, 1.54) is 5.56 Å². The average Bonchev–Trinajstić information content (AvgIpc) is 2.63. The molecule has 1 saturated heterocycles. The van der Waals surface area contributed by atoms with Gasteiger partial charge in [-0.05, 0) is 36.6 Å². The van der Waals surface area contributed by atoms with Crippen molar-refractivity contribution in [3.63, 3.8) is 0 Å². The molecule has 0 unspecified atom stereocenters. The highest BCUT2D eigenvalue weighted by atomic mass is 79.9. The Morgan fingerprint density at radius 1 is 1.50 bits per heavy atom. The number of benzene rings is 1. The first-order valence-electron chi connectivity index (χ1n) is 5.54. The lowest BCUT2D eigenvalue weighted by molar-refractivity contribution is 0.389. The van der Waals surface area contributed by atoms with Gasteiger partial charge in [-0.15, -0.1) is 0 Å². The largest absolute Gasteiger partial charge is 0.306 e. The maximum Gasteiger partial charge on any atom is 0.0644 e. The molecule has 84 valence electrons. The van der Waals surface area contributed by atoms with Gasteiger partial charge >= 0.3 is 0 Å². The first kappa shape index (κ1) is 11.6. The Labute approximate surface area is 105 Å². The zero-order valence-corrected chi connectivity index (χ0v) is 10.9. The molecule has 0 radical (unpaired) electrons. The van der Waals surface area contributed by atoms with Gasteiger partial charge < -0.3 is 5.32 Å². The summed E-state index contributed by atoms with van der Waals surface area (Å²) in [7, 11) is 0. The van der Waals surface area contributed by atoms with Crippen LogP contribution in [0.5, 0.6) is 0 Å². The van der Waals surface area contributed by atoms with Crippen LogP contribution in [-0.2, 0) is 5.54 Å². The van der Waals surface area contributed by atoms with E-state index in [4.69, 9.17) is 5.26 Å². The van der Waals surface area contributed by atoms with Crippen LogP contribution in [0.2, 0.25) is 0 Å². The van der Waals surface area contributed by atoms with Crippen molar-refractivity contribution < 1.29 is 0 Å². The topological polar surface area (TPSA) is 35.8 Å². The van der Waals surface area contributed by atoms with E-state index in [0.717, 1.165) is 17.4 Å². The molecule has 0 saturated carbocycles. The molecular formula is C13H15BrN2. The molecular weight excluding hydrogens is 264 g/mol. The Morgan fingerprint density at radius 3 is 2.69 bits per heavy atom. The van der Waals surface area contributed by atoms with Crippen LogP contribution in [0.1, 0.15) is 25.3 Å². The zero-order valence-electron chi connectivity index (χ0n) is 9.33. The minimum absolute atomic E-state index is 0.130. The van der Waals surface area contributed by atoms with E-state index in [2.05, 4.69) is 46.4 Å². The van der Waals surface area contributed by atoms with Gasteiger partial charge in [0.05, 0.1) is 18.0 Å². The molecule has 0 amide bonds. The highest BCUT2D eigenvalue weighted by molar-refractivity contribution is 9.10. The first-order chi connectivity index (χ1) is 7.66. The lowest BCUT2D eigenvalue weighted by Crippen LogP contribution is -2.36. The monoisotopic (exact) mass is 278 g/mol. The van der Waals surface area contributed by atoms with E-state index in [9.17, 15) is 0 Å². The summed E-state index contributed by atoms with van der Waals surface area (Å²) < 4.78 is 1.08. The van der Waals surface area contributed by atoms with Crippen molar-refractivity contribution in [2.45, 2.75) is 25.3 Å². The lowest BCUT2D eigenvalue weighted by Gasteiger charge is -2.27. The summed E-state index contributed by atoms with van der Waals surface area (Å²) in [5.74, 6) is 0.636. The van der Waals surface area contributed by atoms with E-state index < -0.39 is 0 Å². The summed E-state index contributed by atoms with van der Waals surface area (Å²) in [5, 5.41) is 12.5. The van der Waals surface area contributed by atoms with Gasteiger partial charge in [-0.2, -0.15) is 5.26 Å². The molecule has 1 aliphatic rings. The predicted octanol–water partition coefficient (Wildman–Crippen LogP) is 3.19. The number of rotatable bonds is 2. The minimum Gasteiger partial charge on any atom is -0.306 e. The minimum atomic E-state index is -0.130. The average molecular weight is 279 g/mol. The van der Waals surface area contributed by atoms with E-state index in [-0.39, 0.29) is 5.54 Å². The summed E-state index contributed by atoms with van der Waals surface area (Å²) in [6, 6.07) is 10.6. The SMILES string of the molecule is C[C@@H]1CN[C@@](CC#N)(c2ccc(Br)cc2)C1. The molecule has 1 heterocycles. The van der Waals surface area contributed by atoms with Crippen LogP contribution in [-0.4, -0.2) is 6.54 Å². The predicted molar refractivity (Wildman–Crippen MR) is 67.8 cm³/mol. The molecule has 2 rings (SSSR count). The molecule has 1 fully saturated rings. The molecule has 3 heteroatoms.